The van der Waals surface area contributed by atoms with Crippen molar-refractivity contribution in [3.63, 3.8) is 0 Å². The van der Waals surface area contributed by atoms with Crippen LogP contribution in [-0.2, 0) is 4.74 Å². The van der Waals surface area contributed by atoms with Gasteiger partial charge in [-0.25, -0.2) is 0 Å². The van der Waals surface area contributed by atoms with E-state index < -0.39 is 6.10 Å². The van der Waals surface area contributed by atoms with Crippen LogP contribution in [0.4, 0.5) is 0 Å². The summed E-state index contributed by atoms with van der Waals surface area (Å²) in [7, 11) is 0. The van der Waals surface area contributed by atoms with Crippen molar-refractivity contribution in [2.24, 2.45) is 0 Å². The summed E-state index contributed by atoms with van der Waals surface area (Å²) in [5.74, 6) is 0. The van der Waals surface area contributed by atoms with E-state index >= 15 is 0 Å². The van der Waals surface area contributed by atoms with Gasteiger partial charge in [-0.15, -0.1) is 0 Å². The Labute approximate surface area is 133 Å². The molecule has 0 spiro atoms. The fourth-order valence-electron chi connectivity index (χ4n) is 2.35. The zero-order valence-electron chi connectivity index (χ0n) is 13.1. The molecule has 2 nitrogen and oxygen atoms in total. The smallest absolute Gasteiger partial charge is 0.113 e. The van der Waals surface area contributed by atoms with E-state index in [2.05, 4.69) is 13.0 Å². The molecule has 0 aliphatic rings. The monoisotopic (exact) mass is 296 g/mol. The highest BCUT2D eigenvalue weighted by Crippen LogP contribution is 2.31. The zero-order valence-corrected chi connectivity index (χ0v) is 13.1. The van der Waals surface area contributed by atoms with Crippen molar-refractivity contribution in [3.05, 3.63) is 83.9 Å². The third-order valence-corrected chi connectivity index (χ3v) is 3.55. The van der Waals surface area contributed by atoms with E-state index in [4.69, 9.17) is 4.74 Å². The van der Waals surface area contributed by atoms with Crippen molar-refractivity contribution >= 4 is 0 Å². The Bertz CT molecular complexity index is 548. The Morgan fingerprint density at radius 3 is 2.09 bits per heavy atom. The van der Waals surface area contributed by atoms with Crippen LogP contribution < -0.4 is 0 Å². The van der Waals surface area contributed by atoms with Crippen LogP contribution in [0.25, 0.3) is 0 Å². The first-order valence-electron chi connectivity index (χ1n) is 7.87. The van der Waals surface area contributed by atoms with Crippen molar-refractivity contribution < 1.29 is 9.84 Å². The number of aliphatic hydroxyl groups excluding tert-OH is 1. The molecule has 0 saturated carbocycles. The Balaban J connectivity index is 2.11. The normalized spacial score (nSPS) is 14.1. The van der Waals surface area contributed by atoms with Crippen molar-refractivity contribution in [1.82, 2.24) is 0 Å². The molecule has 1 N–H and O–H groups in total. The molecule has 2 aromatic rings. The lowest BCUT2D eigenvalue weighted by Gasteiger charge is -2.23. The Hall–Kier alpha value is -1.90. The number of ether oxygens (including phenoxy) is 1. The second kappa shape index (κ2) is 9.19. The largest absolute Gasteiger partial charge is 0.385 e. The maximum atomic E-state index is 10.7. The molecule has 0 unspecified atom stereocenters. The van der Waals surface area contributed by atoms with Crippen LogP contribution in [0.2, 0.25) is 0 Å². The standard InChI is InChI=1S/C20H24O2/c1-2-3-4-11-16-22-20(18-14-9-6-10-15-18)19(21)17-12-7-5-8-13-17/h4-15,19-21H,2-3,16H2,1H3/b11-4+/t19-,20-/m0/s1. The van der Waals surface area contributed by atoms with Crippen LogP contribution in [0.15, 0.2) is 72.8 Å². The summed E-state index contributed by atoms with van der Waals surface area (Å²) in [6, 6.07) is 19.6. The second-order valence-electron chi connectivity index (χ2n) is 5.28. The topological polar surface area (TPSA) is 29.5 Å². The molecule has 0 saturated heterocycles. The Morgan fingerprint density at radius 2 is 1.50 bits per heavy atom. The molecular weight excluding hydrogens is 272 g/mol. The zero-order chi connectivity index (χ0) is 15.6. The van der Waals surface area contributed by atoms with Crippen LogP contribution in [-0.4, -0.2) is 11.7 Å². The fourth-order valence-corrected chi connectivity index (χ4v) is 2.35. The molecule has 22 heavy (non-hydrogen) atoms. The molecule has 0 fully saturated rings. The van der Waals surface area contributed by atoms with E-state index in [1.54, 1.807) is 0 Å². The molecule has 2 heteroatoms. The predicted octanol–water partition coefficient (Wildman–Crippen LogP) is 4.83. The van der Waals surface area contributed by atoms with Gasteiger partial charge in [-0.05, 0) is 17.5 Å². The van der Waals surface area contributed by atoms with Gasteiger partial charge in [0.2, 0.25) is 0 Å². The lowest BCUT2D eigenvalue weighted by Crippen LogP contribution is -2.14. The van der Waals surface area contributed by atoms with Gasteiger partial charge in [-0.3, -0.25) is 0 Å². The van der Waals surface area contributed by atoms with Crippen molar-refractivity contribution in [3.8, 4) is 0 Å². The quantitative estimate of drug-likeness (QED) is 0.707. The van der Waals surface area contributed by atoms with E-state index in [0.29, 0.717) is 6.61 Å². The van der Waals surface area contributed by atoms with Gasteiger partial charge in [-0.2, -0.15) is 0 Å². The van der Waals surface area contributed by atoms with E-state index in [0.717, 1.165) is 24.0 Å². The number of hydrogen-bond donors (Lipinski definition) is 1. The number of unbranched alkanes of at least 4 members (excludes halogenated alkanes) is 1. The van der Waals surface area contributed by atoms with Gasteiger partial charge in [0.15, 0.2) is 0 Å². The highest BCUT2D eigenvalue weighted by atomic mass is 16.5. The van der Waals surface area contributed by atoms with E-state index in [1.165, 1.54) is 0 Å². The average Bonchev–Trinajstić information content (AvgIpc) is 2.59. The summed E-state index contributed by atoms with van der Waals surface area (Å²) in [4.78, 5) is 0. The van der Waals surface area contributed by atoms with Crippen LogP contribution in [0, 0.1) is 0 Å². The van der Waals surface area contributed by atoms with E-state index in [9.17, 15) is 5.11 Å². The number of aliphatic hydroxyl groups is 1. The summed E-state index contributed by atoms with van der Waals surface area (Å²) in [5.41, 5.74) is 1.86. The first-order chi connectivity index (χ1) is 10.8. The lowest BCUT2D eigenvalue weighted by atomic mass is 9.98. The number of allylic oxidation sites excluding steroid dienone is 1. The summed E-state index contributed by atoms with van der Waals surface area (Å²) >= 11 is 0. The molecule has 0 radical (unpaired) electrons. The molecule has 0 heterocycles. The summed E-state index contributed by atoms with van der Waals surface area (Å²) in [5, 5.41) is 10.7. The van der Waals surface area contributed by atoms with Gasteiger partial charge in [0.05, 0.1) is 6.61 Å². The minimum atomic E-state index is -0.678. The minimum Gasteiger partial charge on any atom is -0.385 e. The molecule has 0 aliphatic carbocycles. The summed E-state index contributed by atoms with van der Waals surface area (Å²) < 4.78 is 5.95. The van der Waals surface area contributed by atoms with Crippen LogP contribution in [0.3, 0.4) is 0 Å². The minimum absolute atomic E-state index is 0.366. The van der Waals surface area contributed by atoms with Crippen LogP contribution in [0.5, 0.6) is 0 Å². The van der Waals surface area contributed by atoms with E-state index in [1.807, 2.05) is 66.7 Å². The lowest BCUT2D eigenvalue weighted by molar-refractivity contribution is -0.0300. The van der Waals surface area contributed by atoms with Crippen molar-refractivity contribution in [2.45, 2.75) is 32.0 Å². The molecule has 2 atom stereocenters. The van der Waals surface area contributed by atoms with Crippen LogP contribution >= 0.6 is 0 Å². The van der Waals surface area contributed by atoms with E-state index in [-0.39, 0.29) is 6.10 Å². The maximum Gasteiger partial charge on any atom is 0.113 e. The molecule has 2 aromatic carbocycles. The van der Waals surface area contributed by atoms with Crippen molar-refractivity contribution in [2.75, 3.05) is 6.61 Å². The first-order valence-corrected chi connectivity index (χ1v) is 7.87. The molecule has 2 rings (SSSR count). The molecular formula is C20H24O2. The fraction of sp³-hybridized carbons (Fsp3) is 0.300. The third kappa shape index (κ3) is 4.83. The van der Waals surface area contributed by atoms with Crippen LogP contribution in [0.1, 0.15) is 43.1 Å². The van der Waals surface area contributed by atoms with Gasteiger partial charge in [0, 0.05) is 0 Å². The second-order valence-corrected chi connectivity index (χ2v) is 5.28. The SMILES string of the molecule is CCC/C=C/CO[C@@H](c1ccccc1)[C@@H](O)c1ccccc1. The van der Waals surface area contributed by atoms with Gasteiger partial charge >= 0.3 is 0 Å². The van der Waals surface area contributed by atoms with Gasteiger partial charge in [-0.1, -0.05) is 86.2 Å². The molecule has 116 valence electrons. The Kier molecular flexibility index (Phi) is 6.88. The highest BCUT2D eigenvalue weighted by molar-refractivity contribution is 5.25. The summed E-state index contributed by atoms with van der Waals surface area (Å²) in [6.07, 6.45) is 5.29. The van der Waals surface area contributed by atoms with Gasteiger partial charge in [0.1, 0.15) is 12.2 Å². The summed E-state index contributed by atoms with van der Waals surface area (Å²) in [6.45, 7) is 2.65. The number of benzene rings is 2. The molecule has 0 aromatic heterocycles. The predicted molar refractivity (Wildman–Crippen MR) is 90.6 cm³/mol. The molecule has 0 bridgehead atoms. The third-order valence-electron chi connectivity index (χ3n) is 3.55. The van der Waals surface area contributed by atoms with Gasteiger partial charge < -0.3 is 9.84 Å². The maximum absolute atomic E-state index is 10.7. The Morgan fingerprint density at radius 1 is 0.909 bits per heavy atom. The first kappa shape index (κ1) is 16.5. The van der Waals surface area contributed by atoms with Gasteiger partial charge in [0.25, 0.3) is 0 Å². The molecule has 0 aliphatic heterocycles. The van der Waals surface area contributed by atoms with Crippen molar-refractivity contribution in [1.29, 1.82) is 0 Å². The molecule has 0 amide bonds. The number of rotatable bonds is 8. The average molecular weight is 296 g/mol. The highest BCUT2D eigenvalue weighted by Gasteiger charge is 2.22. The number of hydrogen-bond acceptors (Lipinski definition) is 2.